The number of hydrogen-bond acceptors (Lipinski definition) is 6. The fraction of sp³-hybridized carbons (Fsp3) is 0.111. The minimum absolute atomic E-state index is 0.195. The predicted molar refractivity (Wildman–Crippen MR) is 106 cm³/mol. The highest BCUT2D eigenvalue weighted by atomic mass is 79.9. The smallest absolute Gasteiger partial charge is 0.368 e. The molecule has 4 aromatic rings. The Bertz CT molecular complexity index is 1200. The van der Waals surface area contributed by atoms with E-state index in [0.717, 1.165) is 10.2 Å². The van der Waals surface area contributed by atoms with Crippen LogP contribution in [-0.2, 0) is 13.7 Å². The van der Waals surface area contributed by atoms with Crippen LogP contribution in [0.1, 0.15) is 5.56 Å². The van der Waals surface area contributed by atoms with Gasteiger partial charge in [-0.2, -0.15) is 9.36 Å². The second kappa shape index (κ2) is 7.64. The van der Waals surface area contributed by atoms with Gasteiger partial charge in [0, 0.05) is 23.6 Å². The Kier molecular flexibility index (Phi) is 5.05. The fourth-order valence-corrected chi connectivity index (χ4v) is 3.48. The van der Waals surface area contributed by atoms with Crippen molar-refractivity contribution in [2.75, 3.05) is 0 Å². The zero-order valence-electron chi connectivity index (χ0n) is 14.5. The van der Waals surface area contributed by atoms with E-state index in [1.54, 1.807) is 23.6 Å². The number of aryl methyl sites for hydroxylation is 1. The van der Waals surface area contributed by atoms with Crippen LogP contribution >= 0.6 is 27.3 Å². The number of nitrogens with zero attached hydrogens (tertiary/aromatic N) is 5. The number of aromatic nitrogens is 5. The van der Waals surface area contributed by atoms with Crippen molar-refractivity contribution < 1.29 is 9.13 Å². The number of para-hydroxylation sites is 1. The Morgan fingerprint density at radius 2 is 2.04 bits per heavy atom. The van der Waals surface area contributed by atoms with Crippen LogP contribution in [0.5, 0.6) is 5.19 Å². The molecule has 28 heavy (non-hydrogen) atoms. The lowest BCUT2D eigenvalue weighted by molar-refractivity contribution is 0.304. The molecule has 0 aliphatic rings. The van der Waals surface area contributed by atoms with Gasteiger partial charge in [0.05, 0.1) is 15.9 Å². The van der Waals surface area contributed by atoms with Gasteiger partial charge < -0.3 is 4.74 Å². The monoisotopic (exact) mass is 461 g/mol. The minimum atomic E-state index is -0.351. The summed E-state index contributed by atoms with van der Waals surface area (Å²) >= 11 is 4.45. The Hall–Kier alpha value is -2.85. The highest BCUT2D eigenvalue weighted by Gasteiger charge is 2.13. The molecule has 0 spiro atoms. The average molecular weight is 462 g/mol. The first-order valence-corrected chi connectivity index (χ1v) is 9.81. The van der Waals surface area contributed by atoms with Crippen molar-refractivity contribution in [3.8, 4) is 22.1 Å². The van der Waals surface area contributed by atoms with Crippen LogP contribution in [0.25, 0.3) is 16.9 Å². The second-order valence-electron chi connectivity index (χ2n) is 5.84. The molecule has 0 atom stereocenters. The summed E-state index contributed by atoms with van der Waals surface area (Å²) in [4.78, 5) is 16.5. The molecule has 0 N–H and O–H groups in total. The number of thiazole rings is 1. The number of hydrogen-bond donors (Lipinski definition) is 0. The van der Waals surface area contributed by atoms with E-state index in [9.17, 15) is 9.18 Å². The van der Waals surface area contributed by atoms with E-state index in [2.05, 4.69) is 31.3 Å². The van der Waals surface area contributed by atoms with E-state index in [4.69, 9.17) is 4.74 Å². The number of benzene rings is 2. The third kappa shape index (κ3) is 3.60. The zero-order chi connectivity index (χ0) is 19.7. The van der Waals surface area contributed by atoms with Gasteiger partial charge in [-0.05, 0) is 44.6 Å². The topological polar surface area (TPSA) is 74.8 Å². The zero-order valence-corrected chi connectivity index (χ0v) is 16.9. The van der Waals surface area contributed by atoms with Crippen molar-refractivity contribution in [3.05, 3.63) is 74.2 Å². The van der Waals surface area contributed by atoms with E-state index in [1.807, 2.05) is 18.2 Å². The molecule has 0 aliphatic carbocycles. The van der Waals surface area contributed by atoms with Crippen LogP contribution < -0.4 is 10.4 Å². The first-order chi connectivity index (χ1) is 13.5. The number of tetrazole rings is 1. The van der Waals surface area contributed by atoms with Gasteiger partial charge in [0.1, 0.15) is 12.4 Å². The maximum absolute atomic E-state index is 13.7. The lowest BCUT2D eigenvalue weighted by atomic mass is 10.2. The van der Waals surface area contributed by atoms with Crippen LogP contribution in [0.4, 0.5) is 4.39 Å². The minimum Gasteiger partial charge on any atom is -0.465 e. The van der Waals surface area contributed by atoms with Crippen LogP contribution in [0.15, 0.2) is 57.1 Å². The highest BCUT2D eigenvalue weighted by Crippen LogP contribution is 2.29. The summed E-state index contributed by atoms with van der Waals surface area (Å²) in [5, 5.41) is 9.85. The fourth-order valence-electron chi connectivity index (χ4n) is 2.56. The summed E-state index contributed by atoms with van der Waals surface area (Å²) in [5.74, 6) is -0.351. The summed E-state index contributed by atoms with van der Waals surface area (Å²) in [6, 6.07) is 12.1. The summed E-state index contributed by atoms with van der Waals surface area (Å²) in [6.07, 6.45) is 0. The molecule has 2 aromatic carbocycles. The third-order valence-corrected chi connectivity index (χ3v) is 5.39. The Labute approximate surface area is 171 Å². The quantitative estimate of drug-likeness (QED) is 0.454. The molecule has 0 aliphatic heterocycles. The lowest BCUT2D eigenvalue weighted by Crippen LogP contribution is -2.23. The van der Waals surface area contributed by atoms with E-state index < -0.39 is 0 Å². The second-order valence-corrected chi connectivity index (χ2v) is 7.52. The van der Waals surface area contributed by atoms with Crippen molar-refractivity contribution in [2.24, 2.45) is 7.05 Å². The molecule has 0 saturated heterocycles. The largest absolute Gasteiger partial charge is 0.465 e. The molecule has 7 nitrogen and oxygen atoms in total. The van der Waals surface area contributed by atoms with Crippen LogP contribution in [0, 0.1) is 5.82 Å². The number of ether oxygens (including phenoxy) is 1. The first-order valence-electron chi connectivity index (χ1n) is 8.14. The molecule has 0 bridgehead atoms. The Morgan fingerprint density at radius 3 is 2.79 bits per heavy atom. The molecule has 0 unspecified atom stereocenters. The number of halogens is 2. The van der Waals surface area contributed by atoms with Gasteiger partial charge >= 0.3 is 5.69 Å². The Morgan fingerprint density at radius 1 is 1.21 bits per heavy atom. The summed E-state index contributed by atoms with van der Waals surface area (Å²) in [7, 11) is 1.53. The van der Waals surface area contributed by atoms with Crippen molar-refractivity contribution >= 4 is 27.3 Å². The van der Waals surface area contributed by atoms with Crippen LogP contribution in [0.2, 0.25) is 0 Å². The van der Waals surface area contributed by atoms with Gasteiger partial charge in [-0.1, -0.05) is 35.6 Å². The molecule has 10 heteroatoms. The molecule has 0 fully saturated rings. The normalized spacial score (nSPS) is 11.0. The maximum atomic E-state index is 13.7. The van der Waals surface area contributed by atoms with Crippen molar-refractivity contribution in [3.63, 3.8) is 0 Å². The molecule has 0 radical (unpaired) electrons. The molecule has 142 valence electrons. The predicted octanol–water partition coefficient (Wildman–Crippen LogP) is 3.57. The highest BCUT2D eigenvalue weighted by molar-refractivity contribution is 9.10. The number of rotatable bonds is 5. The van der Waals surface area contributed by atoms with Gasteiger partial charge in [-0.25, -0.2) is 14.2 Å². The van der Waals surface area contributed by atoms with Gasteiger partial charge in [0.2, 0.25) is 0 Å². The summed E-state index contributed by atoms with van der Waals surface area (Å²) in [5.41, 5.74) is 2.30. The van der Waals surface area contributed by atoms with Gasteiger partial charge in [0.15, 0.2) is 0 Å². The SMILES string of the molecule is Cn1nnn(-c2ccccc2COc2nc(-c3ccc(Br)c(F)c3)cs2)c1=O. The molecule has 2 aromatic heterocycles. The van der Waals surface area contributed by atoms with Gasteiger partial charge in [-0.3, -0.25) is 0 Å². The molecular weight excluding hydrogens is 449 g/mol. The van der Waals surface area contributed by atoms with E-state index in [0.29, 0.717) is 26.6 Å². The van der Waals surface area contributed by atoms with Crippen molar-refractivity contribution in [2.45, 2.75) is 6.61 Å². The average Bonchev–Trinajstić information content (AvgIpc) is 3.30. The van der Waals surface area contributed by atoms with E-state index in [1.165, 1.54) is 29.1 Å². The molecule has 0 amide bonds. The summed E-state index contributed by atoms with van der Waals surface area (Å²) in [6.45, 7) is 0.195. The molecular formula is C18H13BrFN5O2S. The first kappa shape index (κ1) is 18.5. The van der Waals surface area contributed by atoms with Gasteiger partial charge in [-0.15, -0.1) is 0 Å². The third-order valence-electron chi connectivity index (χ3n) is 3.99. The molecule has 0 saturated carbocycles. The van der Waals surface area contributed by atoms with Crippen molar-refractivity contribution in [1.29, 1.82) is 0 Å². The van der Waals surface area contributed by atoms with Gasteiger partial charge in [0.25, 0.3) is 5.19 Å². The maximum Gasteiger partial charge on any atom is 0.368 e. The van der Waals surface area contributed by atoms with E-state index >= 15 is 0 Å². The molecule has 2 heterocycles. The standard InChI is InChI=1S/C18H13BrFN5O2S/c1-24-18(26)25(23-22-24)16-5-3-2-4-12(16)9-27-17-21-15(10-28-17)11-6-7-13(19)14(20)8-11/h2-8,10H,9H2,1H3. The summed E-state index contributed by atoms with van der Waals surface area (Å²) < 4.78 is 22.3. The van der Waals surface area contributed by atoms with Crippen molar-refractivity contribution in [1.82, 2.24) is 24.8 Å². The molecule has 4 rings (SSSR count). The van der Waals surface area contributed by atoms with E-state index in [-0.39, 0.29) is 18.1 Å². The lowest BCUT2D eigenvalue weighted by Gasteiger charge is -2.08. The Balaban J connectivity index is 1.55. The van der Waals surface area contributed by atoms with Crippen LogP contribution in [0.3, 0.4) is 0 Å². The van der Waals surface area contributed by atoms with Crippen LogP contribution in [-0.4, -0.2) is 24.8 Å².